The maximum Gasteiger partial charge on any atom is 0.244 e. The Balaban J connectivity index is 2.09. The molecule has 11 heteroatoms. The zero-order valence-corrected chi connectivity index (χ0v) is 24.7. The van der Waals surface area contributed by atoms with Crippen LogP contribution in [0.5, 0.6) is 0 Å². The Bertz CT molecular complexity index is 1380. The van der Waals surface area contributed by atoms with Crippen molar-refractivity contribution < 1.29 is 18.0 Å². The van der Waals surface area contributed by atoms with Gasteiger partial charge < -0.3 is 10.2 Å². The number of rotatable bonds is 12. The van der Waals surface area contributed by atoms with Gasteiger partial charge in [0.1, 0.15) is 12.6 Å². The lowest BCUT2D eigenvalue weighted by Gasteiger charge is -2.34. The fraction of sp³-hybridized carbons (Fsp3) is 0.286. The molecule has 0 fully saturated rings. The molecule has 39 heavy (non-hydrogen) atoms. The summed E-state index contributed by atoms with van der Waals surface area (Å²) in [7, 11) is -3.90. The van der Waals surface area contributed by atoms with Gasteiger partial charge in [0.05, 0.1) is 11.9 Å². The van der Waals surface area contributed by atoms with Crippen LogP contribution in [0.2, 0.25) is 15.1 Å². The average Bonchev–Trinajstić information content (AvgIpc) is 2.89. The van der Waals surface area contributed by atoms with Crippen molar-refractivity contribution in [1.82, 2.24) is 10.2 Å². The molecule has 3 aromatic rings. The van der Waals surface area contributed by atoms with Gasteiger partial charge in [0.15, 0.2) is 0 Å². The molecule has 1 atom stereocenters. The molecule has 0 aliphatic carbocycles. The second-order valence-corrected chi connectivity index (χ2v) is 12.1. The van der Waals surface area contributed by atoms with Gasteiger partial charge in [-0.15, -0.1) is 0 Å². The Morgan fingerprint density at radius 2 is 1.56 bits per heavy atom. The zero-order chi connectivity index (χ0) is 28.6. The monoisotopic (exact) mass is 609 g/mol. The lowest BCUT2D eigenvalue weighted by molar-refractivity contribution is -0.140. The third-order valence-electron chi connectivity index (χ3n) is 5.99. The van der Waals surface area contributed by atoms with Gasteiger partial charge in [-0.05, 0) is 42.3 Å². The van der Waals surface area contributed by atoms with Crippen molar-refractivity contribution in [3.05, 3.63) is 99.0 Å². The van der Waals surface area contributed by atoms with Crippen molar-refractivity contribution in [3.63, 3.8) is 0 Å². The molecule has 0 spiro atoms. The fourth-order valence-corrected chi connectivity index (χ4v) is 5.56. The third-order valence-corrected chi connectivity index (χ3v) is 8.07. The van der Waals surface area contributed by atoms with E-state index in [0.717, 1.165) is 16.1 Å². The molecule has 1 N–H and O–H groups in total. The van der Waals surface area contributed by atoms with Crippen LogP contribution in [0.4, 0.5) is 5.69 Å². The van der Waals surface area contributed by atoms with E-state index in [-0.39, 0.29) is 24.6 Å². The van der Waals surface area contributed by atoms with Gasteiger partial charge in [-0.25, -0.2) is 8.42 Å². The highest BCUT2D eigenvalue weighted by atomic mass is 35.5. The van der Waals surface area contributed by atoms with Crippen molar-refractivity contribution in [2.45, 2.75) is 32.4 Å². The molecule has 0 aromatic heterocycles. The Kier molecular flexibility index (Phi) is 11.1. The molecule has 2 amide bonds. The first-order valence-electron chi connectivity index (χ1n) is 12.3. The van der Waals surface area contributed by atoms with Crippen molar-refractivity contribution in [2.75, 3.05) is 23.7 Å². The molecule has 0 aliphatic heterocycles. The minimum absolute atomic E-state index is 0.110. The summed E-state index contributed by atoms with van der Waals surface area (Å²) in [6.45, 7) is 1.67. The molecule has 3 rings (SSSR count). The third kappa shape index (κ3) is 8.60. The van der Waals surface area contributed by atoms with Crippen molar-refractivity contribution in [3.8, 4) is 0 Å². The minimum atomic E-state index is -3.90. The number of halogens is 3. The second kappa shape index (κ2) is 14.0. The maximum absolute atomic E-state index is 14.0. The summed E-state index contributed by atoms with van der Waals surface area (Å²) in [5.41, 5.74) is 1.50. The Labute approximate surface area is 244 Å². The van der Waals surface area contributed by atoms with E-state index >= 15 is 0 Å². The van der Waals surface area contributed by atoms with Gasteiger partial charge in [-0.2, -0.15) is 0 Å². The quantitative estimate of drug-likeness (QED) is 0.290. The lowest BCUT2D eigenvalue weighted by Crippen LogP contribution is -2.53. The smallest absolute Gasteiger partial charge is 0.244 e. The van der Waals surface area contributed by atoms with Gasteiger partial charge in [0.25, 0.3) is 0 Å². The molecule has 3 aromatic carbocycles. The van der Waals surface area contributed by atoms with Gasteiger partial charge in [0.2, 0.25) is 21.8 Å². The zero-order valence-electron chi connectivity index (χ0n) is 21.6. The molecule has 0 aliphatic rings. The molecule has 7 nitrogen and oxygen atoms in total. The van der Waals surface area contributed by atoms with E-state index in [4.69, 9.17) is 34.8 Å². The number of amides is 2. The van der Waals surface area contributed by atoms with E-state index in [1.54, 1.807) is 36.4 Å². The maximum atomic E-state index is 14.0. The number of carbonyl (C=O) groups is 2. The number of carbonyl (C=O) groups excluding carboxylic acids is 2. The Morgan fingerprint density at radius 3 is 2.15 bits per heavy atom. The van der Waals surface area contributed by atoms with Gasteiger partial charge in [-0.1, -0.05) is 84.2 Å². The predicted octanol–water partition coefficient (Wildman–Crippen LogP) is 5.58. The average molecular weight is 611 g/mol. The largest absolute Gasteiger partial charge is 0.354 e. The minimum Gasteiger partial charge on any atom is -0.354 e. The summed E-state index contributed by atoms with van der Waals surface area (Å²) in [6.07, 6.45) is 1.90. The van der Waals surface area contributed by atoms with Crippen LogP contribution in [-0.4, -0.2) is 50.5 Å². The molecule has 208 valence electrons. The number of sulfonamides is 1. The number of hydrogen-bond donors (Lipinski definition) is 1. The van der Waals surface area contributed by atoms with Crippen LogP contribution in [-0.2, 0) is 32.6 Å². The highest BCUT2D eigenvalue weighted by Gasteiger charge is 2.33. The van der Waals surface area contributed by atoms with Crippen molar-refractivity contribution in [2.24, 2.45) is 0 Å². The van der Waals surface area contributed by atoms with E-state index in [9.17, 15) is 18.0 Å². The van der Waals surface area contributed by atoms with Crippen LogP contribution in [0, 0.1) is 0 Å². The number of benzene rings is 3. The van der Waals surface area contributed by atoms with E-state index in [0.29, 0.717) is 33.6 Å². The Hall–Kier alpha value is -2.78. The molecule has 0 heterocycles. The van der Waals surface area contributed by atoms with Crippen LogP contribution in [0.1, 0.15) is 24.5 Å². The summed E-state index contributed by atoms with van der Waals surface area (Å²) >= 11 is 19.0. The lowest BCUT2D eigenvalue weighted by atomic mass is 10.0. The molecular weight excluding hydrogens is 581 g/mol. The van der Waals surface area contributed by atoms with Gasteiger partial charge in [-0.3, -0.25) is 13.9 Å². The van der Waals surface area contributed by atoms with E-state index in [1.165, 1.54) is 11.0 Å². The summed E-state index contributed by atoms with van der Waals surface area (Å²) in [6, 6.07) is 19.5. The Morgan fingerprint density at radius 1 is 0.923 bits per heavy atom. The van der Waals surface area contributed by atoms with Gasteiger partial charge in [0, 0.05) is 40.1 Å². The standard InChI is InChI=1S/C28H30Cl3N3O4S/c1-3-15-32-28(36)26(16-20-9-5-4-6-10-20)33(18-23-24(30)13-8-14-25(23)31)27(35)19-34(39(2,37)38)22-12-7-11-21(29)17-22/h4-14,17,26H,3,15-16,18-19H2,1-2H3,(H,32,36). The number of hydrogen-bond acceptors (Lipinski definition) is 4. The predicted molar refractivity (Wildman–Crippen MR) is 158 cm³/mol. The first kappa shape index (κ1) is 30.8. The summed E-state index contributed by atoms with van der Waals surface area (Å²) < 4.78 is 26.6. The SMILES string of the molecule is CCCNC(=O)C(Cc1ccccc1)N(Cc1c(Cl)cccc1Cl)C(=O)CN(c1cccc(Cl)c1)S(C)(=O)=O. The molecule has 0 bridgehead atoms. The number of anilines is 1. The summed E-state index contributed by atoms with van der Waals surface area (Å²) in [5, 5.41) is 3.84. The summed E-state index contributed by atoms with van der Waals surface area (Å²) in [5.74, 6) is -0.977. The first-order chi connectivity index (χ1) is 18.5. The van der Waals surface area contributed by atoms with Crippen molar-refractivity contribution >= 4 is 62.3 Å². The van der Waals surface area contributed by atoms with Crippen LogP contribution in [0.25, 0.3) is 0 Å². The normalized spacial score (nSPS) is 12.0. The molecule has 0 saturated heterocycles. The highest BCUT2D eigenvalue weighted by molar-refractivity contribution is 7.92. The van der Waals surface area contributed by atoms with Crippen LogP contribution >= 0.6 is 34.8 Å². The fourth-order valence-electron chi connectivity index (χ4n) is 4.02. The molecule has 1 unspecified atom stereocenters. The number of nitrogens with zero attached hydrogens (tertiary/aromatic N) is 2. The summed E-state index contributed by atoms with van der Waals surface area (Å²) in [4.78, 5) is 28.8. The van der Waals surface area contributed by atoms with Crippen molar-refractivity contribution in [1.29, 1.82) is 0 Å². The van der Waals surface area contributed by atoms with E-state index in [1.807, 2.05) is 37.3 Å². The first-order valence-corrected chi connectivity index (χ1v) is 15.3. The van der Waals surface area contributed by atoms with Crippen LogP contribution < -0.4 is 9.62 Å². The van der Waals surface area contributed by atoms with E-state index < -0.39 is 28.5 Å². The topological polar surface area (TPSA) is 86.8 Å². The molecule has 0 radical (unpaired) electrons. The van der Waals surface area contributed by atoms with Gasteiger partial charge >= 0.3 is 0 Å². The van der Waals surface area contributed by atoms with E-state index in [2.05, 4.69) is 5.32 Å². The molecular formula is C28H30Cl3N3O4S. The number of nitrogens with one attached hydrogen (secondary N) is 1. The second-order valence-electron chi connectivity index (χ2n) is 8.97. The molecule has 0 saturated carbocycles. The van der Waals surface area contributed by atoms with Crippen LogP contribution in [0.3, 0.4) is 0 Å². The highest BCUT2D eigenvalue weighted by Crippen LogP contribution is 2.28. The van der Waals surface area contributed by atoms with Crippen LogP contribution in [0.15, 0.2) is 72.8 Å².